The number of hydrogen-bond acceptors (Lipinski definition) is 3. The van der Waals surface area contributed by atoms with Gasteiger partial charge in [0.05, 0.1) is 0 Å². The molecule has 6 nitrogen and oxygen atoms in total. The van der Waals surface area contributed by atoms with Crippen LogP contribution >= 0.6 is 0 Å². The molecule has 0 saturated carbocycles. The summed E-state index contributed by atoms with van der Waals surface area (Å²) in [5.41, 5.74) is 6.64. The lowest BCUT2D eigenvalue weighted by Crippen LogP contribution is -2.53. The molecule has 0 unspecified atom stereocenters. The van der Waals surface area contributed by atoms with Gasteiger partial charge in [0, 0.05) is 13.3 Å². The fourth-order valence-corrected chi connectivity index (χ4v) is 2.15. The van der Waals surface area contributed by atoms with E-state index in [-0.39, 0.29) is 12.8 Å². The first-order valence-corrected chi connectivity index (χ1v) is 7.44. The van der Waals surface area contributed by atoms with Crippen molar-refractivity contribution >= 4 is 17.7 Å². The Morgan fingerprint density at radius 1 is 1.12 bits per heavy atom. The van der Waals surface area contributed by atoms with E-state index < -0.39 is 35.6 Å². The maximum atomic E-state index is 13.0. The highest BCUT2D eigenvalue weighted by atomic mass is 19.1. The van der Waals surface area contributed by atoms with Crippen molar-refractivity contribution in [3.8, 4) is 0 Å². The minimum Gasteiger partial charge on any atom is -0.368 e. The van der Waals surface area contributed by atoms with E-state index in [4.69, 9.17) is 5.73 Å². The Hall–Kier alpha value is -2.70. The molecular formula is C17H22FN3O3. The number of hydrogen-bond donors (Lipinski definition) is 3. The van der Waals surface area contributed by atoms with Crippen LogP contribution in [0.4, 0.5) is 4.39 Å². The first-order chi connectivity index (χ1) is 11.2. The molecule has 1 aromatic carbocycles. The maximum Gasteiger partial charge on any atom is 0.243 e. The molecule has 1 rings (SSSR count). The average Bonchev–Trinajstić information content (AvgIpc) is 2.47. The minimum absolute atomic E-state index is 0.157. The Bertz CT molecular complexity index is 628. The molecule has 3 amide bonds. The molecule has 0 spiro atoms. The highest BCUT2D eigenvalue weighted by molar-refractivity contribution is 5.91. The molecule has 7 heteroatoms. The van der Waals surface area contributed by atoms with Gasteiger partial charge in [0.2, 0.25) is 17.7 Å². The summed E-state index contributed by atoms with van der Waals surface area (Å²) in [7, 11) is 0. The third-order valence-electron chi connectivity index (χ3n) is 3.26. The first kappa shape index (κ1) is 19.3. The van der Waals surface area contributed by atoms with Crippen LogP contribution in [-0.4, -0.2) is 29.8 Å². The number of halogens is 1. The van der Waals surface area contributed by atoms with Crippen LogP contribution in [-0.2, 0) is 20.8 Å². The van der Waals surface area contributed by atoms with Gasteiger partial charge in [0.15, 0.2) is 0 Å². The molecule has 4 N–H and O–H groups in total. The van der Waals surface area contributed by atoms with E-state index >= 15 is 0 Å². The summed E-state index contributed by atoms with van der Waals surface area (Å²) < 4.78 is 13.0. The van der Waals surface area contributed by atoms with Crippen molar-refractivity contribution < 1.29 is 18.8 Å². The molecule has 0 aliphatic carbocycles. The molecule has 0 aromatic heterocycles. The second-order valence-corrected chi connectivity index (χ2v) is 5.71. The van der Waals surface area contributed by atoms with Crippen LogP contribution in [0.2, 0.25) is 0 Å². The van der Waals surface area contributed by atoms with Crippen molar-refractivity contribution in [3.05, 3.63) is 47.8 Å². The van der Waals surface area contributed by atoms with E-state index in [1.54, 1.807) is 6.92 Å². The second kappa shape index (κ2) is 8.81. The lowest BCUT2D eigenvalue weighted by molar-refractivity contribution is -0.130. The van der Waals surface area contributed by atoms with E-state index in [9.17, 15) is 18.8 Å². The van der Waals surface area contributed by atoms with E-state index in [1.165, 1.54) is 31.2 Å². The summed E-state index contributed by atoms with van der Waals surface area (Å²) in [4.78, 5) is 35.2. The molecule has 0 radical (unpaired) electrons. The molecule has 2 atom stereocenters. The number of carbonyl (C=O) groups excluding carboxylic acids is 3. The molecule has 0 bridgehead atoms. The SMILES string of the molecule is C=C(C)C[C@H](NC(=O)[C@@H](Cc1ccc(F)cc1)NC(C)=O)C(N)=O. The van der Waals surface area contributed by atoms with Gasteiger partial charge in [-0.2, -0.15) is 0 Å². The van der Waals surface area contributed by atoms with Gasteiger partial charge in [-0.25, -0.2) is 4.39 Å². The van der Waals surface area contributed by atoms with Gasteiger partial charge in [-0.05, 0) is 31.0 Å². The predicted octanol–water partition coefficient (Wildman–Crippen LogP) is 0.809. The van der Waals surface area contributed by atoms with E-state index in [2.05, 4.69) is 17.2 Å². The Balaban J connectivity index is 2.87. The maximum absolute atomic E-state index is 13.0. The van der Waals surface area contributed by atoms with Crippen LogP contribution in [0.15, 0.2) is 36.4 Å². The largest absolute Gasteiger partial charge is 0.368 e. The minimum atomic E-state index is -0.903. The lowest BCUT2D eigenvalue weighted by atomic mass is 10.0. The van der Waals surface area contributed by atoms with Gasteiger partial charge < -0.3 is 16.4 Å². The predicted molar refractivity (Wildman–Crippen MR) is 88.3 cm³/mol. The average molecular weight is 335 g/mol. The van der Waals surface area contributed by atoms with Gasteiger partial charge in [-0.1, -0.05) is 17.7 Å². The van der Waals surface area contributed by atoms with Crippen LogP contribution in [0.5, 0.6) is 0 Å². The van der Waals surface area contributed by atoms with Crippen molar-refractivity contribution in [2.45, 2.75) is 38.8 Å². The highest BCUT2D eigenvalue weighted by Gasteiger charge is 2.25. The number of nitrogens with one attached hydrogen (secondary N) is 2. The summed E-state index contributed by atoms with van der Waals surface area (Å²) in [5, 5.41) is 5.04. The smallest absolute Gasteiger partial charge is 0.243 e. The second-order valence-electron chi connectivity index (χ2n) is 5.71. The molecule has 0 aliphatic heterocycles. The van der Waals surface area contributed by atoms with Crippen LogP contribution < -0.4 is 16.4 Å². The van der Waals surface area contributed by atoms with E-state index in [0.29, 0.717) is 11.1 Å². The Labute approximate surface area is 140 Å². The molecule has 0 aliphatic rings. The molecule has 24 heavy (non-hydrogen) atoms. The van der Waals surface area contributed by atoms with Crippen molar-refractivity contribution in [1.29, 1.82) is 0 Å². The third kappa shape index (κ3) is 6.60. The van der Waals surface area contributed by atoms with Gasteiger partial charge in [-0.3, -0.25) is 14.4 Å². The molecule has 0 fully saturated rings. The lowest BCUT2D eigenvalue weighted by Gasteiger charge is -2.21. The monoisotopic (exact) mass is 335 g/mol. The van der Waals surface area contributed by atoms with E-state index in [0.717, 1.165) is 0 Å². The zero-order valence-corrected chi connectivity index (χ0v) is 13.8. The number of amides is 3. The quantitative estimate of drug-likeness (QED) is 0.613. The number of primary amides is 1. The van der Waals surface area contributed by atoms with Crippen molar-refractivity contribution in [1.82, 2.24) is 10.6 Å². The van der Waals surface area contributed by atoms with Crippen LogP contribution in [0.25, 0.3) is 0 Å². The number of rotatable bonds is 8. The van der Waals surface area contributed by atoms with Gasteiger partial charge in [0.25, 0.3) is 0 Å². The summed E-state index contributed by atoms with van der Waals surface area (Å²) in [5.74, 6) is -2.02. The number of nitrogens with two attached hydrogens (primary N) is 1. The number of benzene rings is 1. The fraction of sp³-hybridized carbons (Fsp3) is 0.353. The van der Waals surface area contributed by atoms with Gasteiger partial charge >= 0.3 is 0 Å². The topological polar surface area (TPSA) is 101 Å². The molecular weight excluding hydrogens is 313 g/mol. The zero-order chi connectivity index (χ0) is 18.3. The van der Waals surface area contributed by atoms with Crippen LogP contribution in [0.1, 0.15) is 25.8 Å². The molecule has 130 valence electrons. The molecule has 0 heterocycles. The highest BCUT2D eigenvalue weighted by Crippen LogP contribution is 2.08. The molecule has 0 saturated heterocycles. The van der Waals surface area contributed by atoms with Crippen molar-refractivity contribution in [2.75, 3.05) is 0 Å². The van der Waals surface area contributed by atoms with Crippen LogP contribution in [0.3, 0.4) is 0 Å². The standard InChI is InChI=1S/C17H22FN3O3/c1-10(2)8-14(16(19)23)21-17(24)15(20-11(3)22)9-12-4-6-13(18)7-5-12/h4-7,14-15H,1,8-9H2,2-3H3,(H2,19,23)(H,20,22)(H,21,24)/t14-,15+/m0/s1. The van der Waals surface area contributed by atoms with Crippen molar-refractivity contribution in [3.63, 3.8) is 0 Å². The number of carbonyl (C=O) groups is 3. The Morgan fingerprint density at radius 3 is 2.17 bits per heavy atom. The fourth-order valence-electron chi connectivity index (χ4n) is 2.15. The third-order valence-corrected chi connectivity index (χ3v) is 3.26. The van der Waals surface area contributed by atoms with Gasteiger partial charge in [0.1, 0.15) is 17.9 Å². The summed E-state index contributed by atoms with van der Waals surface area (Å²) in [6.45, 7) is 6.69. The normalized spacial score (nSPS) is 12.8. The Kier molecular flexibility index (Phi) is 7.10. The Morgan fingerprint density at radius 2 is 1.71 bits per heavy atom. The van der Waals surface area contributed by atoms with E-state index in [1.807, 2.05) is 0 Å². The van der Waals surface area contributed by atoms with Gasteiger partial charge in [-0.15, -0.1) is 6.58 Å². The van der Waals surface area contributed by atoms with Crippen LogP contribution in [0, 0.1) is 5.82 Å². The first-order valence-electron chi connectivity index (χ1n) is 7.44. The summed E-state index contributed by atoms with van der Waals surface area (Å²) in [6, 6.07) is 3.78. The zero-order valence-electron chi connectivity index (χ0n) is 13.8. The molecule has 1 aromatic rings. The van der Waals surface area contributed by atoms with Crippen molar-refractivity contribution in [2.24, 2.45) is 5.73 Å². The summed E-state index contributed by atoms with van der Waals surface area (Å²) >= 11 is 0. The summed E-state index contributed by atoms with van der Waals surface area (Å²) in [6.07, 6.45) is 0.370.